The molecule has 0 aliphatic heterocycles. The molecule has 1 amide bonds. The highest BCUT2D eigenvalue weighted by molar-refractivity contribution is 6.32. The Morgan fingerprint density at radius 3 is 2.76 bits per heavy atom. The molecule has 0 aliphatic carbocycles. The molecule has 0 fully saturated rings. The summed E-state index contributed by atoms with van der Waals surface area (Å²) in [5.74, 6) is 1.38. The summed E-state index contributed by atoms with van der Waals surface area (Å²) in [6.45, 7) is 1.01. The first-order chi connectivity index (χ1) is 12.2. The van der Waals surface area contributed by atoms with E-state index < -0.39 is 6.09 Å². The highest BCUT2D eigenvalue weighted by Crippen LogP contribution is 2.23. The molecule has 0 radical (unpaired) electrons. The standard InChI is InChI=1S/C18H19ClN2O4/c1-23-18(22)21-20-13-14-6-4-7-15(12-14)24-10-5-11-25-17-9-3-2-8-16(17)19/h2-4,6-9,12-13H,5,10-11H2,1H3,(H,21,22). The van der Waals surface area contributed by atoms with E-state index in [1.807, 2.05) is 42.5 Å². The Kier molecular flexibility index (Phi) is 7.59. The molecule has 2 aromatic carbocycles. The van der Waals surface area contributed by atoms with Crippen LogP contribution in [-0.4, -0.2) is 32.6 Å². The van der Waals surface area contributed by atoms with Crippen LogP contribution in [0, 0.1) is 0 Å². The van der Waals surface area contributed by atoms with Crippen LogP contribution in [0.25, 0.3) is 0 Å². The number of nitrogens with zero attached hydrogens (tertiary/aromatic N) is 1. The maximum atomic E-state index is 10.9. The van der Waals surface area contributed by atoms with Gasteiger partial charge in [0.2, 0.25) is 0 Å². The Morgan fingerprint density at radius 1 is 1.16 bits per heavy atom. The smallest absolute Gasteiger partial charge is 0.427 e. The first-order valence-corrected chi connectivity index (χ1v) is 8.04. The number of ether oxygens (including phenoxy) is 3. The average molecular weight is 363 g/mol. The van der Waals surface area contributed by atoms with Crippen molar-refractivity contribution in [1.29, 1.82) is 0 Å². The van der Waals surface area contributed by atoms with Crippen LogP contribution in [0.4, 0.5) is 4.79 Å². The molecule has 25 heavy (non-hydrogen) atoms. The van der Waals surface area contributed by atoms with E-state index in [4.69, 9.17) is 21.1 Å². The third-order valence-electron chi connectivity index (χ3n) is 3.06. The monoisotopic (exact) mass is 362 g/mol. The molecule has 1 N–H and O–H groups in total. The van der Waals surface area contributed by atoms with Crippen molar-refractivity contribution in [1.82, 2.24) is 5.43 Å². The first-order valence-electron chi connectivity index (χ1n) is 7.66. The molecule has 0 unspecified atom stereocenters. The van der Waals surface area contributed by atoms with Gasteiger partial charge in [-0.3, -0.25) is 0 Å². The van der Waals surface area contributed by atoms with E-state index in [2.05, 4.69) is 15.3 Å². The topological polar surface area (TPSA) is 69.2 Å². The van der Waals surface area contributed by atoms with Gasteiger partial charge in [-0.15, -0.1) is 0 Å². The molecule has 6 nitrogen and oxygen atoms in total. The van der Waals surface area contributed by atoms with Crippen molar-refractivity contribution in [2.24, 2.45) is 5.10 Å². The summed E-state index contributed by atoms with van der Waals surface area (Å²) < 4.78 is 15.7. The van der Waals surface area contributed by atoms with Crippen molar-refractivity contribution in [3.8, 4) is 11.5 Å². The molecule has 2 rings (SSSR count). The van der Waals surface area contributed by atoms with Crippen molar-refractivity contribution in [2.75, 3.05) is 20.3 Å². The van der Waals surface area contributed by atoms with Crippen LogP contribution in [0.2, 0.25) is 5.02 Å². The molecule has 0 bridgehead atoms. The lowest BCUT2D eigenvalue weighted by Crippen LogP contribution is -2.16. The highest BCUT2D eigenvalue weighted by Gasteiger charge is 2.00. The minimum Gasteiger partial charge on any atom is -0.493 e. The quantitative estimate of drug-likeness (QED) is 0.439. The molecule has 0 spiro atoms. The fourth-order valence-electron chi connectivity index (χ4n) is 1.88. The van der Waals surface area contributed by atoms with Crippen molar-refractivity contribution in [2.45, 2.75) is 6.42 Å². The lowest BCUT2D eigenvalue weighted by atomic mass is 10.2. The predicted octanol–water partition coefficient (Wildman–Crippen LogP) is 3.88. The zero-order valence-corrected chi connectivity index (χ0v) is 14.5. The Balaban J connectivity index is 1.73. The largest absolute Gasteiger partial charge is 0.493 e. The number of carbonyl (C=O) groups excluding carboxylic acids is 1. The summed E-state index contributed by atoms with van der Waals surface area (Å²) in [6.07, 6.45) is 1.60. The average Bonchev–Trinajstić information content (AvgIpc) is 2.63. The number of hydrogen-bond donors (Lipinski definition) is 1. The number of hydrazone groups is 1. The van der Waals surface area contributed by atoms with E-state index >= 15 is 0 Å². The molecular formula is C18H19ClN2O4. The van der Waals surface area contributed by atoms with Crippen LogP contribution < -0.4 is 14.9 Å². The number of halogens is 1. The van der Waals surface area contributed by atoms with Crippen molar-refractivity contribution in [3.63, 3.8) is 0 Å². The summed E-state index contributed by atoms with van der Waals surface area (Å²) in [5.41, 5.74) is 3.01. The van der Waals surface area contributed by atoms with Crippen LogP contribution in [0.5, 0.6) is 11.5 Å². The van der Waals surface area contributed by atoms with E-state index in [-0.39, 0.29) is 0 Å². The Hall–Kier alpha value is -2.73. The molecule has 2 aromatic rings. The van der Waals surface area contributed by atoms with Gasteiger partial charge < -0.3 is 14.2 Å². The summed E-state index contributed by atoms with van der Waals surface area (Å²) in [5, 5.41) is 4.36. The molecule has 0 heterocycles. The van der Waals surface area contributed by atoms with Crippen LogP contribution >= 0.6 is 11.6 Å². The predicted molar refractivity (Wildman–Crippen MR) is 96.6 cm³/mol. The van der Waals surface area contributed by atoms with Gasteiger partial charge >= 0.3 is 6.09 Å². The van der Waals surface area contributed by atoms with E-state index in [0.29, 0.717) is 36.2 Å². The normalized spacial score (nSPS) is 10.5. The van der Waals surface area contributed by atoms with E-state index in [1.165, 1.54) is 13.3 Å². The van der Waals surface area contributed by atoms with Crippen molar-refractivity contribution < 1.29 is 19.0 Å². The van der Waals surface area contributed by atoms with E-state index in [1.54, 1.807) is 6.07 Å². The number of methoxy groups -OCH3 is 1. The summed E-state index contributed by atoms with van der Waals surface area (Å²) in [7, 11) is 1.27. The van der Waals surface area contributed by atoms with Gasteiger partial charge in [0.25, 0.3) is 0 Å². The number of rotatable bonds is 8. The fourth-order valence-corrected chi connectivity index (χ4v) is 2.07. The van der Waals surface area contributed by atoms with Gasteiger partial charge in [-0.05, 0) is 29.8 Å². The number of amides is 1. The maximum absolute atomic E-state index is 10.9. The lowest BCUT2D eigenvalue weighted by molar-refractivity contribution is 0.171. The first kappa shape index (κ1) is 18.6. The maximum Gasteiger partial charge on any atom is 0.427 e. The molecule has 0 aromatic heterocycles. The number of benzene rings is 2. The molecule has 0 atom stereocenters. The molecular weight excluding hydrogens is 344 g/mol. The number of nitrogens with one attached hydrogen (secondary N) is 1. The minimum atomic E-state index is -0.623. The molecule has 0 saturated heterocycles. The van der Waals surface area contributed by atoms with Gasteiger partial charge in [-0.2, -0.15) is 5.10 Å². The molecule has 132 valence electrons. The van der Waals surface area contributed by atoms with Crippen molar-refractivity contribution >= 4 is 23.9 Å². The third-order valence-corrected chi connectivity index (χ3v) is 3.38. The minimum absolute atomic E-state index is 0.505. The van der Waals surface area contributed by atoms with Crippen molar-refractivity contribution in [3.05, 3.63) is 59.1 Å². The molecule has 0 saturated carbocycles. The summed E-state index contributed by atoms with van der Waals surface area (Å²) in [4.78, 5) is 10.9. The second-order valence-corrected chi connectivity index (χ2v) is 5.32. The number of carbonyl (C=O) groups is 1. The van der Waals surface area contributed by atoms with Crippen LogP contribution in [0.15, 0.2) is 53.6 Å². The number of hydrogen-bond acceptors (Lipinski definition) is 5. The molecule has 0 aliphatic rings. The van der Waals surface area contributed by atoms with Crippen LogP contribution in [-0.2, 0) is 4.74 Å². The van der Waals surface area contributed by atoms with Gasteiger partial charge in [0.1, 0.15) is 11.5 Å². The summed E-state index contributed by atoms with van der Waals surface area (Å²) in [6, 6.07) is 14.7. The fraction of sp³-hybridized carbons (Fsp3) is 0.222. The van der Waals surface area contributed by atoms with E-state index in [0.717, 1.165) is 5.56 Å². The second-order valence-electron chi connectivity index (χ2n) is 4.91. The van der Waals surface area contributed by atoms with Gasteiger partial charge in [-0.25, -0.2) is 10.2 Å². The van der Waals surface area contributed by atoms with Gasteiger partial charge in [-0.1, -0.05) is 35.9 Å². The third kappa shape index (κ3) is 6.73. The van der Waals surface area contributed by atoms with Gasteiger partial charge in [0.05, 0.1) is 31.6 Å². The Bertz CT molecular complexity index is 722. The molecule has 7 heteroatoms. The van der Waals surface area contributed by atoms with Crippen LogP contribution in [0.3, 0.4) is 0 Å². The zero-order valence-electron chi connectivity index (χ0n) is 13.8. The SMILES string of the molecule is COC(=O)NN=Cc1cccc(OCCCOc2ccccc2Cl)c1. The highest BCUT2D eigenvalue weighted by atomic mass is 35.5. The van der Waals surface area contributed by atoms with Gasteiger partial charge in [0, 0.05) is 6.42 Å². The number of para-hydroxylation sites is 1. The van der Waals surface area contributed by atoms with E-state index in [9.17, 15) is 4.79 Å². The lowest BCUT2D eigenvalue weighted by Gasteiger charge is -2.09. The van der Waals surface area contributed by atoms with Crippen LogP contribution in [0.1, 0.15) is 12.0 Å². The second kappa shape index (κ2) is 10.2. The Labute approximate surface area is 151 Å². The summed E-state index contributed by atoms with van der Waals surface area (Å²) >= 11 is 6.02. The zero-order chi connectivity index (χ0) is 17.9. The van der Waals surface area contributed by atoms with Gasteiger partial charge in [0.15, 0.2) is 0 Å². The Morgan fingerprint density at radius 2 is 1.96 bits per heavy atom.